The summed E-state index contributed by atoms with van der Waals surface area (Å²) in [6, 6.07) is 95.2. The first-order valence-electron chi connectivity index (χ1n) is 21.4. The Morgan fingerprint density at radius 1 is 0.226 bits per heavy atom. The molecule has 1 nitrogen and oxygen atoms in total. The lowest BCUT2D eigenvalue weighted by Crippen LogP contribution is -2.28. The molecule has 0 aromatic heterocycles. The highest BCUT2D eigenvalue weighted by atomic mass is 15.1. The molecular weight excluding hydrogens is 747 g/mol. The Bertz CT molecular complexity index is 3100. The lowest BCUT2D eigenvalue weighted by molar-refractivity contribution is 0.768. The van der Waals surface area contributed by atoms with Gasteiger partial charge in [0, 0.05) is 17.1 Å². The van der Waals surface area contributed by atoms with Crippen molar-refractivity contribution in [1.29, 1.82) is 0 Å². The molecule has 0 amide bonds. The number of hydrogen-bond acceptors (Lipinski definition) is 1. The summed E-state index contributed by atoms with van der Waals surface area (Å²) in [5.41, 5.74) is 20.0. The third-order valence-corrected chi connectivity index (χ3v) is 12.6. The fourth-order valence-corrected chi connectivity index (χ4v) is 9.60. The van der Waals surface area contributed by atoms with E-state index in [1.807, 2.05) is 0 Å². The van der Waals surface area contributed by atoms with Crippen molar-refractivity contribution in [2.24, 2.45) is 0 Å². The molecule has 1 atom stereocenters. The molecule has 0 aliphatic heterocycles. The zero-order valence-corrected chi connectivity index (χ0v) is 34.3. The van der Waals surface area contributed by atoms with Gasteiger partial charge < -0.3 is 4.90 Å². The largest absolute Gasteiger partial charge is 0.310 e. The predicted molar refractivity (Wildman–Crippen MR) is 260 cm³/mol. The molecule has 1 aliphatic rings. The Kier molecular flexibility index (Phi) is 9.48. The van der Waals surface area contributed by atoms with E-state index in [2.05, 4.69) is 266 Å². The van der Waals surface area contributed by atoms with Gasteiger partial charge in [0.2, 0.25) is 0 Å². The molecule has 0 spiro atoms. The third kappa shape index (κ3) is 6.52. The molecule has 0 heterocycles. The van der Waals surface area contributed by atoms with Gasteiger partial charge in [0.15, 0.2) is 0 Å². The lowest BCUT2D eigenvalue weighted by atomic mass is 9.67. The molecule has 0 saturated heterocycles. The third-order valence-electron chi connectivity index (χ3n) is 12.6. The molecule has 0 fully saturated rings. The molecular formula is C61H43N. The van der Waals surface area contributed by atoms with Crippen LogP contribution in [0.15, 0.2) is 261 Å². The van der Waals surface area contributed by atoms with E-state index in [0.29, 0.717) is 0 Å². The Balaban J connectivity index is 1.06. The summed E-state index contributed by atoms with van der Waals surface area (Å²) in [6.45, 7) is 0. The number of fused-ring (bicyclic) bond motifs is 3. The number of nitrogens with zero attached hydrogens (tertiary/aromatic N) is 1. The molecule has 11 rings (SSSR count). The molecule has 1 heteroatoms. The van der Waals surface area contributed by atoms with E-state index >= 15 is 0 Å². The van der Waals surface area contributed by atoms with Crippen molar-refractivity contribution in [3.63, 3.8) is 0 Å². The molecule has 1 unspecified atom stereocenters. The summed E-state index contributed by atoms with van der Waals surface area (Å²) in [4.78, 5) is 2.41. The van der Waals surface area contributed by atoms with Crippen molar-refractivity contribution < 1.29 is 0 Å². The van der Waals surface area contributed by atoms with Crippen LogP contribution in [-0.4, -0.2) is 0 Å². The second-order valence-corrected chi connectivity index (χ2v) is 16.1. The second kappa shape index (κ2) is 15.9. The van der Waals surface area contributed by atoms with E-state index in [0.717, 1.165) is 17.1 Å². The lowest BCUT2D eigenvalue weighted by Gasteiger charge is -2.35. The van der Waals surface area contributed by atoms with Crippen LogP contribution >= 0.6 is 0 Å². The minimum atomic E-state index is -0.545. The Labute approximate surface area is 364 Å². The van der Waals surface area contributed by atoms with Crippen molar-refractivity contribution in [1.82, 2.24) is 0 Å². The molecule has 62 heavy (non-hydrogen) atoms. The van der Waals surface area contributed by atoms with Crippen molar-refractivity contribution in [3.8, 4) is 55.6 Å². The monoisotopic (exact) mass is 789 g/mol. The van der Waals surface area contributed by atoms with Crippen molar-refractivity contribution >= 4 is 17.1 Å². The van der Waals surface area contributed by atoms with Gasteiger partial charge in [-0.2, -0.15) is 0 Å². The fourth-order valence-electron chi connectivity index (χ4n) is 9.60. The zero-order chi connectivity index (χ0) is 41.3. The average molecular weight is 790 g/mol. The highest BCUT2D eigenvalue weighted by Crippen LogP contribution is 2.57. The van der Waals surface area contributed by atoms with Gasteiger partial charge in [-0.25, -0.2) is 0 Å². The highest BCUT2D eigenvalue weighted by molar-refractivity contribution is 5.90. The average Bonchev–Trinajstić information content (AvgIpc) is 3.66. The number of rotatable bonds is 9. The van der Waals surface area contributed by atoms with E-state index in [4.69, 9.17) is 0 Å². The van der Waals surface area contributed by atoms with Crippen LogP contribution in [0, 0.1) is 0 Å². The van der Waals surface area contributed by atoms with Gasteiger partial charge in [-0.15, -0.1) is 0 Å². The summed E-state index contributed by atoms with van der Waals surface area (Å²) < 4.78 is 0. The molecule has 10 aromatic rings. The highest BCUT2D eigenvalue weighted by Gasteiger charge is 2.46. The molecule has 0 N–H and O–H groups in total. The molecule has 0 radical (unpaired) electrons. The summed E-state index contributed by atoms with van der Waals surface area (Å²) in [5.74, 6) is 0. The van der Waals surface area contributed by atoms with Gasteiger partial charge in [-0.3, -0.25) is 0 Å². The topological polar surface area (TPSA) is 3.24 Å². The predicted octanol–water partition coefficient (Wildman–Crippen LogP) is 16.2. The Morgan fingerprint density at radius 3 is 1.02 bits per heavy atom. The molecule has 10 aromatic carbocycles. The SMILES string of the molecule is c1ccc(-c2ccc(-c3ccc(N(c4ccc(-c5ccccc5)cc4)c4ccc5c(c4)C(c4ccccc4)(c4ccc(-c6ccccc6)cc4)c4ccccc4-5)cc3)cc2)cc1. The quantitative estimate of drug-likeness (QED) is 0.141. The van der Waals surface area contributed by atoms with E-state index < -0.39 is 5.41 Å². The van der Waals surface area contributed by atoms with Gasteiger partial charge in [-0.1, -0.05) is 224 Å². The molecule has 292 valence electrons. The maximum Gasteiger partial charge on any atom is 0.0714 e. The van der Waals surface area contributed by atoms with Crippen molar-refractivity contribution in [2.75, 3.05) is 4.90 Å². The normalized spacial score (nSPS) is 13.9. The van der Waals surface area contributed by atoms with Gasteiger partial charge in [0.25, 0.3) is 0 Å². The standard InChI is InChI=1S/C61H43N/c1-5-15-44(16-6-1)47-25-27-48(28-26-47)51-33-39-55(40-34-51)62(54-37-31-50(32-38-54)46-19-9-3-10-20-46)56-41-42-58-57-23-13-14-24-59(57)61(60(58)43-56,52-21-11-4-12-22-52)53-35-29-49(30-36-53)45-17-7-2-8-18-45/h1-43H. The maximum absolute atomic E-state index is 2.45. The van der Waals surface area contributed by atoms with Crippen LogP contribution in [0.3, 0.4) is 0 Å². The van der Waals surface area contributed by atoms with Crippen LogP contribution in [0.5, 0.6) is 0 Å². The van der Waals surface area contributed by atoms with E-state index in [1.165, 1.54) is 77.9 Å². The van der Waals surface area contributed by atoms with Gasteiger partial charge in [-0.05, 0) is 114 Å². The van der Waals surface area contributed by atoms with Crippen LogP contribution in [-0.2, 0) is 5.41 Å². The van der Waals surface area contributed by atoms with Gasteiger partial charge in [0.1, 0.15) is 0 Å². The van der Waals surface area contributed by atoms with Crippen LogP contribution in [0.2, 0.25) is 0 Å². The Morgan fingerprint density at radius 2 is 0.548 bits per heavy atom. The van der Waals surface area contributed by atoms with Crippen molar-refractivity contribution in [2.45, 2.75) is 5.41 Å². The maximum atomic E-state index is 2.45. The smallest absolute Gasteiger partial charge is 0.0714 e. The minimum absolute atomic E-state index is 0.545. The van der Waals surface area contributed by atoms with Crippen molar-refractivity contribution in [3.05, 3.63) is 283 Å². The first-order chi connectivity index (χ1) is 30.7. The van der Waals surface area contributed by atoms with Crippen LogP contribution in [0.25, 0.3) is 55.6 Å². The second-order valence-electron chi connectivity index (χ2n) is 16.1. The van der Waals surface area contributed by atoms with E-state index in [1.54, 1.807) is 0 Å². The minimum Gasteiger partial charge on any atom is -0.310 e. The summed E-state index contributed by atoms with van der Waals surface area (Å²) in [5, 5.41) is 0. The summed E-state index contributed by atoms with van der Waals surface area (Å²) in [6.07, 6.45) is 0. The van der Waals surface area contributed by atoms with Crippen LogP contribution in [0.4, 0.5) is 17.1 Å². The van der Waals surface area contributed by atoms with E-state index in [9.17, 15) is 0 Å². The summed E-state index contributed by atoms with van der Waals surface area (Å²) >= 11 is 0. The van der Waals surface area contributed by atoms with Crippen LogP contribution in [0.1, 0.15) is 22.3 Å². The fraction of sp³-hybridized carbons (Fsp3) is 0.0164. The van der Waals surface area contributed by atoms with Gasteiger partial charge in [0.05, 0.1) is 5.41 Å². The first kappa shape index (κ1) is 37.0. The van der Waals surface area contributed by atoms with Crippen LogP contribution < -0.4 is 4.90 Å². The summed E-state index contributed by atoms with van der Waals surface area (Å²) in [7, 11) is 0. The Hall–Kier alpha value is -8.00. The van der Waals surface area contributed by atoms with E-state index in [-0.39, 0.29) is 0 Å². The molecule has 0 saturated carbocycles. The number of hydrogen-bond donors (Lipinski definition) is 0. The molecule has 0 bridgehead atoms. The zero-order valence-electron chi connectivity index (χ0n) is 34.3. The number of anilines is 3. The first-order valence-corrected chi connectivity index (χ1v) is 21.4. The number of benzene rings is 10. The van der Waals surface area contributed by atoms with Gasteiger partial charge >= 0.3 is 0 Å². The molecule has 1 aliphatic carbocycles.